The van der Waals surface area contributed by atoms with Gasteiger partial charge in [-0.15, -0.1) is 0 Å². The first kappa shape index (κ1) is 18.4. The summed E-state index contributed by atoms with van der Waals surface area (Å²) in [6.45, 7) is 7.51. The number of hydrogen-bond donors (Lipinski definition) is 2. The Bertz CT molecular complexity index is 813. The van der Waals surface area contributed by atoms with Crippen LogP contribution in [0.2, 0.25) is 0 Å². The minimum absolute atomic E-state index is 0.0295. The first-order valence-electron chi connectivity index (χ1n) is 8.00. The molecule has 8 heteroatoms. The van der Waals surface area contributed by atoms with Crippen molar-refractivity contribution in [3.63, 3.8) is 0 Å². The standard InChI is InChI=1S/C17H23N5O3/c1-10-8-14(6-7-16(10)22(24)25)19-17(23)18-11(2)9-15-12(3)20-21(5)13(15)4/h6-8,11H,9H2,1-5H3,(H2,18,19,23). The summed E-state index contributed by atoms with van der Waals surface area (Å²) in [7, 11) is 1.90. The highest BCUT2D eigenvalue weighted by molar-refractivity contribution is 5.89. The van der Waals surface area contributed by atoms with Gasteiger partial charge in [0.1, 0.15) is 0 Å². The second-order valence-corrected chi connectivity index (χ2v) is 6.23. The van der Waals surface area contributed by atoms with Gasteiger partial charge in [0.2, 0.25) is 0 Å². The molecule has 0 radical (unpaired) electrons. The van der Waals surface area contributed by atoms with Crippen molar-refractivity contribution in [3.05, 3.63) is 50.8 Å². The van der Waals surface area contributed by atoms with Crippen molar-refractivity contribution >= 4 is 17.4 Å². The molecule has 8 nitrogen and oxygen atoms in total. The number of carbonyl (C=O) groups is 1. The quantitative estimate of drug-likeness (QED) is 0.642. The van der Waals surface area contributed by atoms with Gasteiger partial charge >= 0.3 is 6.03 Å². The number of aromatic nitrogens is 2. The second kappa shape index (κ2) is 7.33. The molecule has 134 valence electrons. The molecule has 0 saturated carbocycles. The van der Waals surface area contributed by atoms with Crippen molar-refractivity contribution in [1.29, 1.82) is 0 Å². The van der Waals surface area contributed by atoms with Gasteiger partial charge in [0.15, 0.2) is 0 Å². The summed E-state index contributed by atoms with van der Waals surface area (Å²) in [6, 6.07) is 4.06. The van der Waals surface area contributed by atoms with Crippen LogP contribution in [0.15, 0.2) is 18.2 Å². The predicted molar refractivity (Wildman–Crippen MR) is 95.8 cm³/mol. The zero-order valence-electron chi connectivity index (χ0n) is 15.1. The molecule has 1 atom stereocenters. The molecule has 1 unspecified atom stereocenters. The molecule has 2 aromatic rings. The highest BCUT2D eigenvalue weighted by Gasteiger charge is 2.15. The lowest BCUT2D eigenvalue weighted by atomic mass is 10.1. The van der Waals surface area contributed by atoms with E-state index in [1.807, 2.05) is 32.5 Å². The Hall–Kier alpha value is -2.90. The highest BCUT2D eigenvalue weighted by Crippen LogP contribution is 2.21. The van der Waals surface area contributed by atoms with Crippen LogP contribution < -0.4 is 10.6 Å². The molecule has 0 aliphatic heterocycles. The molecule has 1 aromatic heterocycles. The van der Waals surface area contributed by atoms with Crippen LogP contribution in [0.3, 0.4) is 0 Å². The average molecular weight is 345 g/mol. The Morgan fingerprint density at radius 2 is 2.04 bits per heavy atom. The van der Waals surface area contributed by atoms with E-state index in [1.165, 1.54) is 12.1 Å². The van der Waals surface area contributed by atoms with E-state index in [-0.39, 0.29) is 17.8 Å². The summed E-state index contributed by atoms with van der Waals surface area (Å²) >= 11 is 0. The van der Waals surface area contributed by atoms with E-state index in [9.17, 15) is 14.9 Å². The van der Waals surface area contributed by atoms with Crippen molar-refractivity contribution in [2.75, 3.05) is 5.32 Å². The van der Waals surface area contributed by atoms with Crippen molar-refractivity contribution in [3.8, 4) is 0 Å². The van der Waals surface area contributed by atoms with Gasteiger partial charge in [-0.2, -0.15) is 5.10 Å². The molecule has 25 heavy (non-hydrogen) atoms. The molecule has 0 aliphatic carbocycles. The van der Waals surface area contributed by atoms with Gasteiger partial charge < -0.3 is 10.6 Å². The number of rotatable bonds is 5. The monoisotopic (exact) mass is 345 g/mol. The topological polar surface area (TPSA) is 102 Å². The van der Waals surface area contributed by atoms with Crippen LogP contribution in [0, 0.1) is 30.9 Å². The number of benzene rings is 1. The van der Waals surface area contributed by atoms with Crippen LogP contribution in [-0.2, 0) is 13.5 Å². The van der Waals surface area contributed by atoms with E-state index in [0.29, 0.717) is 17.7 Å². The van der Waals surface area contributed by atoms with Crippen molar-refractivity contribution in [2.45, 2.75) is 40.2 Å². The number of hydrogen-bond acceptors (Lipinski definition) is 4. The van der Waals surface area contributed by atoms with Gasteiger partial charge in [0.05, 0.1) is 10.6 Å². The van der Waals surface area contributed by atoms with Crippen LogP contribution in [0.5, 0.6) is 0 Å². The predicted octanol–water partition coefficient (Wildman–Crippen LogP) is 3.01. The first-order valence-corrected chi connectivity index (χ1v) is 8.00. The Balaban J connectivity index is 1.98. The third-order valence-corrected chi connectivity index (χ3v) is 4.20. The maximum absolute atomic E-state index is 12.1. The molecule has 0 aliphatic rings. The SMILES string of the molecule is Cc1cc(NC(=O)NC(C)Cc2c(C)nn(C)c2C)ccc1[N+](=O)[O-]. The normalized spacial score (nSPS) is 11.9. The number of anilines is 1. The summed E-state index contributed by atoms with van der Waals surface area (Å²) in [6.07, 6.45) is 0.679. The smallest absolute Gasteiger partial charge is 0.319 e. The van der Waals surface area contributed by atoms with Gasteiger partial charge in [0, 0.05) is 36.1 Å². The van der Waals surface area contributed by atoms with Crippen molar-refractivity contribution in [2.24, 2.45) is 7.05 Å². The van der Waals surface area contributed by atoms with E-state index >= 15 is 0 Å². The first-order chi connectivity index (χ1) is 11.7. The van der Waals surface area contributed by atoms with E-state index in [0.717, 1.165) is 17.0 Å². The molecule has 1 heterocycles. The summed E-state index contributed by atoms with van der Waals surface area (Å²) in [4.78, 5) is 22.5. The molecule has 2 amide bonds. The molecule has 0 saturated heterocycles. The number of nitrogens with zero attached hydrogens (tertiary/aromatic N) is 3. The summed E-state index contributed by atoms with van der Waals surface area (Å²) in [5, 5.41) is 20.8. The molecule has 2 N–H and O–H groups in total. The molecular weight excluding hydrogens is 322 g/mol. The molecular formula is C17H23N5O3. The van der Waals surface area contributed by atoms with Crippen LogP contribution in [0.25, 0.3) is 0 Å². The fourth-order valence-corrected chi connectivity index (χ4v) is 2.80. The largest absolute Gasteiger partial charge is 0.335 e. The molecule has 0 spiro atoms. The lowest BCUT2D eigenvalue weighted by Crippen LogP contribution is -2.37. The van der Waals surface area contributed by atoms with Crippen molar-refractivity contribution < 1.29 is 9.72 Å². The van der Waals surface area contributed by atoms with E-state index in [2.05, 4.69) is 15.7 Å². The number of amides is 2. The number of nitrogens with one attached hydrogen (secondary N) is 2. The molecule has 2 rings (SSSR count). The summed E-state index contributed by atoms with van der Waals surface area (Å²) < 4.78 is 1.83. The summed E-state index contributed by atoms with van der Waals surface area (Å²) in [5.74, 6) is 0. The van der Waals surface area contributed by atoms with Crippen molar-refractivity contribution in [1.82, 2.24) is 15.1 Å². The molecule has 1 aromatic carbocycles. The number of nitro benzene ring substituents is 1. The lowest BCUT2D eigenvalue weighted by molar-refractivity contribution is -0.385. The Morgan fingerprint density at radius 3 is 2.56 bits per heavy atom. The van der Waals surface area contributed by atoms with Crippen LogP contribution >= 0.6 is 0 Å². The minimum atomic E-state index is -0.445. The van der Waals surface area contributed by atoms with Gasteiger partial charge in [-0.1, -0.05) is 0 Å². The Morgan fingerprint density at radius 1 is 1.36 bits per heavy atom. The molecule has 0 fully saturated rings. The van der Waals surface area contributed by atoms with Crippen LogP contribution in [0.1, 0.15) is 29.4 Å². The minimum Gasteiger partial charge on any atom is -0.335 e. The Kier molecular flexibility index (Phi) is 5.41. The zero-order chi connectivity index (χ0) is 18.7. The highest BCUT2D eigenvalue weighted by atomic mass is 16.6. The van der Waals surface area contributed by atoms with Gasteiger partial charge in [0.25, 0.3) is 5.69 Å². The fourth-order valence-electron chi connectivity index (χ4n) is 2.80. The van der Waals surface area contributed by atoms with E-state index in [1.54, 1.807) is 13.0 Å². The van der Waals surface area contributed by atoms with E-state index < -0.39 is 4.92 Å². The Labute approximate surface area is 146 Å². The van der Waals surface area contributed by atoms with Crippen LogP contribution in [-0.4, -0.2) is 26.8 Å². The van der Waals surface area contributed by atoms with Gasteiger partial charge in [-0.25, -0.2) is 4.79 Å². The molecule has 0 bridgehead atoms. The summed E-state index contributed by atoms with van der Waals surface area (Å²) in [5.41, 5.74) is 4.21. The number of urea groups is 1. The van der Waals surface area contributed by atoms with E-state index in [4.69, 9.17) is 0 Å². The number of nitro groups is 1. The zero-order valence-corrected chi connectivity index (χ0v) is 15.1. The maximum Gasteiger partial charge on any atom is 0.319 e. The third kappa shape index (κ3) is 4.34. The lowest BCUT2D eigenvalue weighted by Gasteiger charge is -2.15. The van der Waals surface area contributed by atoms with Gasteiger partial charge in [-0.3, -0.25) is 14.8 Å². The van der Waals surface area contributed by atoms with Gasteiger partial charge in [-0.05, 0) is 51.8 Å². The average Bonchev–Trinajstić information content (AvgIpc) is 2.73. The maximum atomic E-state index is 12.1. The number of aryl methyl sites for hydroxylation is 3. The third-order valence-electron chi connectivity index (χ3n) is 4.20. The fraction of sp³-hybridized carbons (Fsp3) is 0.412. The van der Waals surface area contributed by atoms with Crippen LogP contribution in [0.4, 0.5) is 16.2 Å². The second-order valence-electron chi connectivity index (χ2n) is 6.23. The number of carbonyl (C=O) groups excluding carboxylic acids is 1.